The molecule has 0 atom stereocenters. The molecule has 0 saturated heterocycles. The number of nitrogens with zero attached hydrogens (tertiary/aromatic N) is 3. The number of rotatable bonds is 8. The third-order valence-corrected chi connectivity index (χ3v) is 4.96. The molecule has 0 aliphatic carbocycles. The van der Waals surface area contributed by atoms with E-state index in [0.29, 0.717) is 24.5 Å². The summed E-state index contributed by atoms with van der Waals surface area (Å²) >= 11 is 0. The quantitative estimate of drug-likeness (QED) is 0.376. The van der Waals surface area contributed by atoms with E-state index in [2.05, 4.69) is 45.6 Å². The van der Waals surface area contributed by atoms with Gasteiger partial charge in [-0.05, 0) is 61.2 Å². The summed E-state index contributed by atoms with van der Waals surface area (Å²) in [6.07, 6.45) is 8.95. The smallest absolute Gasteiger partial charge is 0.227 e. The Morgan fingerprint density at radius 2 is 2.03 bits per heavy atom. The molecule has 3 N–H and O–H groups in total. The second kappa shape index (κ2) is 10.2. The molecule has 3 rings (SSSR count). The second-order valence-corrected chi connectivity index (χ2v) is 7.09. The number of nitriles is 1. The zero-order chi connectivity index (χ0) is 22.2. The number of nitrogens with one attached hydrogen (secondary N) is 2. The van der Waals surface area contributed by atoms with Gasteiger partial charge >= 0.3 is 0 Å². The van der Waals surface area contributed by atoms with E-state index in [-0.39, 0.29) is 6.61 Å². The number of aromatic nitrogens is 2. The lowest BCUT2D eigenvalue weighted by atomic mass is 9.99. The number of aryl methyl sites for hydroxylation is 2. The zero-order valence-electron chi connectivity index (χ0n) is 17.7. The largest absolute Gasteiger partial charge is 0.396 e. The van der Waals surface area contributed by atoms with E-state index in [9.17, 15) is 0 Å². The van der Waals surface area contributed by atoms with Crippen molar-refractivity contribution in [1.82, 2.24) is 9.97 Å². The monoisotopic (exact) mass is 411 g/mol. The average molecular weight is 412 g/mol. The van der Waals surface area contributed by atoms with E-state index in [0.717, 1.165) is 45.7 Å². The minimum atomic E-state index is 0.130. The first kappa shape index (κ1) is 21.8. The van der Waals surface area contributed by atoms with Crippen LogP contribution < -0.4 is 10.6 Å². The fourth-order valence-corrected chi connectivity index (χ4v) is 3.27. The van der Waals surface area contributed by atoms with Gasteiger partial charge in [-0.1, -0.05) is 18.9 Å². The van der Waals surface area contributed by atoms with Crippen molar-refractivity contribution >= 4 is 17.3 Å². The number of hydrogen-bond acceptors (Lipinski definition) is 6. The van der Waals surface area contributed by atoms with Gasteiger partial charge in [0.2, 0.25) is 5.95 Å². The van der Waals surface area contributed by atoms with Crippen LogP contribution >= 0.6 is 0 Å². The Bertz CT molecular complexity index is 1160. The van der Waals surface area contributed by atoms with Crippen molar-refractivity contribution in [3.05, 3.63) is 64.8 Å². The van der Waals surface area contributed by atoms with Crippen LogP contribution in [0, 0.1) is 30.6 Å². The maximum atomic E-state index is 9.16. The summed E-state index contributed by atoms with van der Waals surface area (Å²) in [7, 11) is 0. The minimum absolute atomic E-state index is 0.130. The van der Waals surface area contributed by atoms with Crippen LogP contribution in [0.25, 0.3) is 11.3 Å². The lowest BCUT2D eigenvalue weighted by molar-refractivity contribution is 0.292. The van der Waals surface area contributed by atoms with E-state index < -0.39 is 0 Å². The van der Waals surface area contributed by atoms with Gasteiger partial charge in [-0.25, -0.2) is 9.97 Å². The van der Waals surface area contributed by atoms with Crippen LogP contribution in [-0.4, -0.2) is 28.2 Å². The van der Waals surface area contributed by atoms with Gasteiger partial charge in [-0.3, -0.25) is 0 Å². The van der Waals surface area contributed by atoms with E-state index in [1.807, 2.05) is 25.1 Å². The number of benzene rings is 2. The Kier molecular flexibility index (Phi) is 7.22. The summed E-state index contributed by atoms with van der Waals surface area (Å²) in [6.45, 7) is 4.82. The van der Waals surface area contributed by atoms with Gasteiger partial charge < -0.3 is 15.7 Å². The fraction of sp³-hybridized carbons (Fsp3) is 0.240. The predicted octanol–water partition coefficient (Wildman–Crippen LogP) is 4.41. The summed E-state index contributed by atoms with van der Waals surface area (Å²) in [4.78, 5) is 8.99. The van der Waals surface area contributed by atoms with E-state index in [1.165, 1.54) is 0 Å². The molecule has 3 aromatic rings. The van der Waals surface area contributed by atoms with Gasteiger partial charge in [0.25, 0.3) is 0 Å². The number of aliphatic hydroxyl groups is 1. The van der Waals surface area contributed by atoms with Crippen LogP contribution in [0.5, 0.6) is 0 Å². The van der Waals surface area contributed by atoms with E-state index in [4.69, 9.17) is 16.8 Å². The van der Waals surface area contributed by atoms with Crippen molar-refractivity contribution in [2.24, 2.45) is 0 Å². The third kappa shape index (κ3) is 5.19. The second-order valence-electron chi connectivity index (χ2n) is 7.09. The zero-order valence-corrected chi connectivity index (χ0v) is 17.7. The van der Waals surface area contributed by atoms with Crippen LogP contribution in [0.4, 0.5) is 17.3 Å². The lowest BCUT2D eigenvalue weighted by Crippen LogP contribution is -2.08. The van der Waals surface area contributed by atoms with Gasteiger partial charge in [0.1, 0.15) is 0 Å². The molecular formula is C25H25N5O. The molecule has 1 aromatic heterocycles. The Morgan fingerprint density at radius 1 is 1.19 bits per heavy atom. The molecule has 0 aliphatic rings. The first-order valence-electron chi connectivity index (χ1n) is 10.2. The summed E-state index contributed by atoms with van der Waals surface area (Å²) in [5, 5.41) is 24.8. The molecule has 0 fully saturated rings. The van der Waals surface area contributed by atoms with Gasteiger partial charge in [0.05, 0.1) is 23.0 Å². The highest BCUT2D eigenvalue weighted by atomic mass is 16.3. The molecule has 2 aromatic carbocycles. The molecule has 0 spiro atoms. The fourth-order valence-electron chi connectivity index (χ4n) is 3.27. The summed E-state index contributed by atoms with van der Waals surface area (Å²) in [5.41, 5.74) is 6.79. The van der Waals surface area contributed by atoms with Crippen LogP contribution in [0.3, 0.4) is 0 Å². The minimum Gasteiger partial charge on any atom is -0.396 e. The molecule has 0 unspecified atom stereocenters. The normalized spacial score (nSPS) is 10.2. The Hall–Kier alpha value is -3.87. The van der Waals surface area contributed by atoms with Gasteiger partial charge in [-0.15, -0.1) is 6.42 Å². The standard InChI is InChI=1S/C25H25N5O/c1-4-19-14-21(15-20(5-2)24(19)27-10-6-12-31)22-9-11-28-25(29-22)30-23-13-18(16-26)8-7-17(23)3/h1,7-9,11,13-15,27,31H,5-6,10,12H2,2-3H3,(H,28,29,30). The first-order valence-corrected chi connectivity index (χ1v) is 10.2. The molecule has 31 heavy (non-hydrogen) atoms. The van der Waals surface area contributed by atoms with Crippen molar-refractivity contribution < 1.29 is 5.11 Å². The summed E-state index contributed by atoms with van der Waals surface area (Å²) in [5.74, 6) is 3.21. The molecule has 0 radical (unpaired) electrons. The molecule has 6 nitrogen and oxygen atoms in total. The number of terminal acetylenes is 1. The van der Waals surface area contributed by atoms with Crippen molar-refractivity contribution in [2.75, 3.05) is 23.8 Å². The average Bonchev–Trinajstić information content (AvgIpc) is 2.80. The molecule has 0 bridgehead atoms. The maximum absolute atomic E-state index is 9.16. The molecule has 156 valence electrons. The van der Waals surface area contributed by atoms with E-state index in [1.54, 1.807) is 18.3 Å². The highest BCUT2D eigenvalue weighted by molar-refractivity contribution is 5.73. The van der Waals surface area contributed by atoms with Crippen molar-refractivity contribution in [3.8, 4) is 29.7 Å². The highest BCUT2D eigenvalue weighted by Crippen LogP contribution is 2.29. The molecule has 1 heterocycles. The summed E-state index contributed by atoms with van der Waals surface area (Å²) < 4.78 is 0. The molecule has 0 saturated carbocycles. The van der Waals surface area contributed by atoms with Gasteiger partial charge in [0, 0.05) is 36.2 Å². The van der Waals surface area contributed by atoms with Gasteiger partial charge in [0.15, 0.2) is 0 Å². The highest BCUT2D eigenvalue weighted by Gasteiger charge is 2.12. The topological polar surface area (TPSA) is 93.9 Å². The van der Waals surface area contributed by atoms with Crippen molar-refractivity contribution in [1.29, 1.82) is 5.26 Å². The number of hydrogen-bond donors (Lipinski definition) is 3. The van der Waals surface area contributed by atoms with Crippen LogP contribution in [-0.2, 0) is 6.42 Å². The van der Waals surface area contributed by atoms with Gasteiger partial charge in [-0.2, -0.15) is 5.26 Å². The molecule has 6 heteroatoms. The van der Waals surface area contributed by atoms with E-state index >= 15 is 0 Å². The molecular weight excluding hydrogens is 386 g/mol. The number of aliphatic hydroxyl groups excluding tert-OH is 1. The number of anilines is 3. The first-order chi connectivity index (χ1) is 15.1. The Balaban J connectivity index is 1.95. The van der Waals surface area contributed by atoms with Crippen LogP contribution in [0.1, 0.15) is 35.6 Å². The SMILES string of the molecule is C#Cc1cc(-c2ccnc(Nc3cc(C#N)ccc3C)n2)cc(CC)c1NCCCO. The molecule has 0 amide bonds. The predicted molar refractivity (Wildman–Crippen MR) is 124 cm³/mol. The molecule has 0 aliphatic heterocycles. The van der Waals surface area contributed by atoms with Crippen molar-refractivity contribution in [2.45, 2.75) is 26.7 Å². The lowest BCUT2D eigenvalue weighted by Gasteiger charge is -2.16. The third-order valence-electron chi connectivity index (χ3n) is 4.96. The summed E-state index contributed by atoms with van der Waals surface area (Å²) in [6, 6.07) is 13.5. The van der Waals surface area contributed by atoms with Crippen molar-refractivity contribution in [3.63, 3.8) is 0 Å². The maximum Gasteiger partial charge on any atom is 0.227 e. The Labute approximate surface area is 183 Å². The Morgan fingerprint density at radius 3 is 2.74 bits per heavy atom. The van der Waals surface area contributed by atoms with Crippen LogP contribution in [0.2, 0.25) is 0 Å². The van der Waals surface area contributed by atoms with Crippen LogP contribution in [0.15, 0.2) is 42.6 Å².